The fourth-order valence-corrected chi connectivity index (χ4v) is 6.00. The predicted octanol–water partition coefficient (Wildman–Crippen LogP) is 0.332. The van der Waals surface area contributed by atoms with Crippen LogP contribution in [-0.4, -0.2) is 71.7 Å². The van der Waals surface area contributed by atoms with E-state index in [0.717, 1.165) is 19.3 Å². The largest absolute Gasteiger partial charge is 0.335 e. The highest BCUT2D eigenvalue weighted by atomic mass is 32.2. The molecule has 7 nitrogen and oxygen atoms in total. The highest BCUT2D eigenvalue weighted by Crippen LogP contribution is 2.33. The quantitative estimate of drug-likeness (QED) is 0.756. The van der Waals surface area contributed by atoms with Gasteiger partial charge in [-0.05, 0) is 25.0 Å². The van der Waals surface area contributed by atoms with Crippen molar-refractivity contribution in [2.75, 3.05) is 24.6 Å². The minimum atomic E-state index is -3.26. The van der Waals surface area contributed by atoms with E-state index in [1.54, 1.807) is 28.1 Å². The Bertz CT molecular complexity index is 791. The van der Waals surface area contributed by atoms with E-state index < -0.39 is 21.9 Å². The molecule has 4 rings (SSSR count). The number of piperazine rings is 1. The number of aromatic nitrogens is 1. The molecule has 134 valence electrons. The molecule has 0 unspecified atom stereocenters. The topological polar surface area (TPSA) is 87.7 Å². The first-order valence-corrected chi connectivity index (χ1v) is 10.5. The zero-order valence-electron chi connectivity index (χ0n) is 13.9. The molecule has 3 fully saturated rings. The average Bonchev–Trinajstić information content (AvgIpc) is 2.87. The number of fused-ring (bicyclic) bond motifs is 1. The van der Waals surface area contributed by atoms with Crippen LogP contribution in [0.1, 0.15) is 29.6 Å². The van der Waals surface area contributed by atoms with E-state index in [4.69, 9.17) is 0 Å². The second kappa shape index (κ2) is 6.09. The molecule has 1 aromatic heterocycles. The molecule has 2 aliphatic heterocycles. The van der Waals surface area contributed by atoms with Crippen molar-refractivity contribution in [3.8, 4) is 0 Å². The van der Waals surface area contributed by atoms with Crippen molar-refractivity contribution >= 4 is 21.7 Å². The van der Waals surface area contributed by atoms with Gasteiger partial charge in [0, 0.05) is 31.4 Å². The van der Waals surface area contributed by atoms with Gasteiger partial charge in [-0.2, -0.15) is 0 Å². The third-order valence-electron chi connectivity index (χ3n) is 5.58. The van der Waals surface area contributed by atoms with E-state index in [1.807, 2.05) is 0 Å². The van der Waals surface area contributed by atoms with Crippen LogP contribution in [0.2, 0.25) is 0 Å². The molecule has 2 amide bonds. The van der Waals surface area contributed by atoms with Gasteiger partial charge in [0.25, 0.3) is 5.91 Å². The molecule has 1 aromatic rings. The first-order chi connectivity index (χ1) is 12.0. The van der Waals surface area contributed by atoms with Crippen LogP contribution in [0.4, 0.5) is 0 Å². The van der Waals surface area contributed by atoms with Gasteiger partial charge in [0.2, 0.25) is 5.91 Å². The third kappa shape index (κ3) is 2.92. The van der Waals surface area contributed by atoms with Gasteiger partial charge in [-0.15, -0.1) is 0 Å². The summed E-state index contributed by atoms with van der Waals surface area (Å²) in [7, 11) is -3.26. The summed E-state index contributed by atoms with van der Waals surface area (Å²) in [6.07, 6.45) is 5.92. The highest BCUT2D eigenvalue weighted by Gasteiger charge is 2.50. The Kier molecular flexibility index (Phi) is 4.02. The Morgan fingerprint density at radius 2 is 1.76 bits per heavy atom. The molecule has 1 saturated carbocycles. The first kappa shape index (κ1) is 16.5. The molecule has 8 heteroatoms. The molecular weight excluding hydrogens is 342 g/mol. The van der Waals surface area contributed by atoms with Crippen LogP contribution < -0.4 is 0 Å². The Morgan fingerprint density at radius 1 is 1.08 bits per heavy atom. The van der Waals surface area contributed by atoms with Gasteiger partial charge >= 0.3 is 0 Å². The van der Waals surface area contributed by atoms with Crippen LogP contribution >= 0.6 is 0 Å². The van der Waals surface area contributed by atoms with Crippen molar-refractivity contribution in [2.45, 2.75) is 31.3 Å². The number of sulfone groups is 1. The Hall–Kier alpha value is -1.96. The average molecular weight is 363 g/mol. The zero-order chi connectivity index (χ0) is 17.6. The number of hydrogen-bond acceptors (Lipinski definition) is 5. The summed E-state index contributed by atoms with van der Waals surface area (Å²) in [5.74, 6) is -0.238. The van der Waals surface area contributed by atoms with Crippen molar-refractivity contribution < 1.29 is 18.0 Å². The van der Waals surface area contributed by atoms with Gasteiger partial charge in [0.15, 0.2) is 9.84 Å². The van der Waals surface area contributed by atoms with Crippen molar-refractivity contribution in [2.24, 2.45) is 5.92 Å². The number of amides is 2. The van der Waals surface area contributed by atoms with E-state index in [9.17, 15) is 18.0 Å². The summed E-state index contributed by atoms with van der Waals surface area (Å²) < 4.78 is 24.5. The number of nitrogens with zero attached hydrogens (tertiary/aromatic N) is 3. The van der Waals surface area contributed by atoms with Crippen LogP contribution in [0.15, 0.2) is 24.5 Å². The van der Waals surface area contributed by atoms with Crippen molar-refractivity contribution in [3.63, 3.8) is 0 Å². The number of carbonyl (C=O) groups is 2. The lowest BCUT2D eigenvalue weighted by atomic mass is 9.83. The minimum Gasteiger partial charge on any atom is -0.335 e. The zero-order valence-corrected chi connectivity index (χ0v) is 14.7. The second-order valence-corrected chi connectivity index (χ2v) is 9.27. The van der Waals surface area contributed by atoms with Crippen LogP contribution in [-0.2, 0) is 14.6 Å². The Labute approximate surface area is 146 Å². The molecular formula is C17H21N3O4S. The van der Waals surface area contributed by atoms with Gasteiger partial charge in [-0.25, -0.2) is 8.42 Å². The molecule has 3 aliphatic rings. The summed E-state index contributed by atoms with van der Waals surface area (Å²) in [5, 5.41) is 0. The van der Waals surface area contributed by atoms with Gasteiger partial charge in [-0.1, -0.05) is 6.42 Å². The Balaban J connectivity index is 1.60. The molecule has 1 aliphatic carbocycles. The lowest BCUT2D eigenvalue weighted by Crippen LogP contribution is -2.63. The minimum absolute atomic E-state index is 0.0320. The standard InChI is InChI=1S/C17H21N3O4S/c21-16(12-3-1-4-12)19-7-8-20(15-11-25(23,24)10-14(15)19)17(22)13-5-2-6-18-9-13/h2,5-6,9,12,14-15H,1,3-4,7-8,10-11H2/t14-,15+/m1/s1. The molecule has 0 radical (unpaired) electrons. The van der Waals surface area contributed by atoms with Crippen molar-refractivity contribution in [1.29, 1.82) is 0 Å². The van der Waals surface area contributed by atoms with E-state index in [2.05, 4.69) is 4.98 Å². The van der Waals surface area contributed by atoms with Crippen LogP contribution in [0.3, 0.4) is 0 Å². The molecule has 2 atom stereocenters. The fraction of sp³-hybridized carbons (Fsp3) is 0.588. The summed E-state index contributed by atoms with van der Waals surface area (Å²) in [6.45, 7) is 0.765. The van der Waals surface area contributed by atoms with E-state index >= 15 is 0 Å². The maximum absolute atomic E-state index is 12.8. The van der Waals surface area contributed by atoms with Crippen LogP contribution in [0.5, 0.6) is 0 Å². The van der Waals surface area contributed by atoms with E-state index in [-0.39, 0.29) is 29.2 Å². The molecule has 25 heavy (non-hydrogen) atoms. The lowest BCUT2D eigenvalue weighted by molar-refractivity contribution is -0.143. The van der Waals surface area contributed by atoms with Gasteiger partial charge in [0.1, 0.15) is 0 Å². The molecule has 0 spiro atoms. The summed E-state index contributed by atoms with van der Waals surface area (Å²) in [4.78, 5) is 32.8. The summed E-state index contributed by atoms with van der Waals surface area (Å²) >= 11 is 0. The molecule has 0 bridgehead atoms. The van der Waals surface area contributed by atoms with Gasteiger partial charge < -0.3 is 9.80 Å². The summed E-state index contributed by atoms with van der Waals surface area (Å²) in [5.41, 5.74) is 0.448. The SMILES string of the molecule is O=C(C1CCC1)N1CCN(C(=O)c2cccnc2)[C@H]2CS(=O)(=O)C[C@H]21. The number of pyridine rings is 1. The van der Waals surface area contributed by atoms with Crippen molar-refractivity contribution in [1.82, 2.24) is 14.8 Å². The monoisotopic (exact) mass is 363 g/mol. The second-order valence-electron chi connectivity index (χ2n) is 7.11. The summed E-state index contributed by atoms with van der Waals surface area (Å²) in [6, 6.07) is 2.48. The molecule has 0 N–H and O–H groups in total. The number of rotatable bonds is 2. The smallest absolute Gasteiger partial charge is 0.255 e. The Morgan fingerprint density at radius 3 is 2.36 bits per heavy atom. The third-order valence-corrected chi connectivity index (χ3v) is 7.28. The number of hydrogen-bond donors (Lipinski definition) is 0. The molecule has 3 heterocycles. The first-order valence-electron chi connectivity index (χ1n) is 8.68. The number of carbonyl (C=O) groups excluding carboxylic acids is 2. The van der Waals surface area contributed by atoms with Gasteiger partial charge in [-0.3, -0.25) is 14.6 Å². The van der Waals surface area contributed by atoms with E-state index in [1.165, 1.54) is 6.20 Å². The van der Waals surface area contributed by atoms with E-state index in [0.29, 0.717) is 18.7 Å². The predicted molar refractivity (Wildman–Crippen MR) is 90.6 cm³/mol. The maximum atomic E-state index is 12.8. The normalized spacial score (nSPS) is 28.3. The fourth-order valence-electron chi connectivity index (χ4n) is 4.02. The van der Waals surface area contributed by atoms with Crippen LogP contribution in [0.25, 0.3) is 0 Å². The van der Waals surface area contributed by atoms with Crippen molar-refractivity contribution in [3.05, 3.63) is 30.1 Å². The molecule has 0 aromatic carbocycles. The maximum Gasteiger partial charge on any atom is 0.255 e. The molecule has 2 saturated heterocycles. The van der Waals surface area contributed by atoms with Gasteiger partial charge in [0.05, 0.1) is 29.2 Å². The highest BCUT2D eigenvalue weighted by molar-refractivity contribution is 7.91. The lowest BCUT2D eigenvalue weighted by Gasteiger charge is -2.45. The van der Waals surface area contributed by atoms with Crippen LogP contribution in [0, 0.1) is 5.92 Å².